The first kappa shape index (κ1) is 29.8. The molecule has 0 spiro atoms. The lowest BCUT2D eigenvalue weighted by molar-refractivity contribution is -0.159. The average Bonchev–Trinajstić information content (AvgIpc) is 3.45. The molecule has 212 valence electrons. The second-order valence-electron chi connectivity index (χ2n) is 10.3. The van der Waals surface area contributed by atoms with Crippen LogP contribution in [0.15, 0.2) is 15.0 Å². The third kappa shape index (κ3) is 6.10. The summed E-state index contributed by atoms with van der Waals surface area (Å²) in [4.78, 5) is 53.3. The largest absolute Gasteiger partial charge is 0.453 e. The molecule has 3 aliphatic heterocycles. The molecule has 5 N–H and O–H groups in total. The van der Waals surface area contributed by atoms with Gasteiger partial charge in [0.1, 0.15) is 24.5 Å². The Morgan fingerprint density at radius 2 is 1.95 bits per heavy atom. The van der Waals surface area contributed by atoms with Crippen molar-refractivity contribution in [2.45, 2.75) is 108 Å². The van der Waals surface area contributed by atoms with Gasteiger partial charge < -0.3 is 26.0 Å². The van der Waals surface area contributed by atoms with E-state index in [-0.39, 0.29) is 24.6 Å². The molecular weight excluding hydrogens is 499 g/mol. The number of carbonyl (C=O) groups is 3. The summed E-state index contributed by atoms with van der Waals surface area (Å²) in [6.45, 7) is 5.07. The molecule has 0 bridgehead atoms. The maximum absolute atomic E-state index is 14.3. The Morgan fingerprint density at radius 1 is 1.26 bits per heavy atom. The van der Waals surface area contributed by atoms with Crippen LogP contribution in [-0.4, -0.2) is 88.6 Å². The van der Waals surface area contributed by atoms with Crippen molar-refractivity contribution in [1.82, 2.24) is 4.90 Å². The van der Waals surface area contributed by atoms with Gasteiger partial charge in [-0.3, -0.25) is 19.3 Å². The van der Waals surface area contributed by atoms with E-state index in [1.165, 1.54) is 4.90 Å². The molecule has 1 amide bonds. The SMILES string of the molecule is CCCCCCCCC(OC(=O)[C@@H](N)C(C)C)C(=O)C12N=CN([C@H]3CC(F)[C@@H](CO)O3)C1=NC(N)=NC2=O. The molecule has 1 fully saturated rings. The van der Waals surface area contributed by atoms with Crippen molar-refractivity contribution in [3.63, 3.8) is 0 Å². The molecule has 3 rings (SSSR count). The molecule has 0 aliphatic carbocycles. The quantitative estimate of drug-likeness (QED) is 0.165. The number of amides is 1. The molecular formula is C25H39FN6O6. The van der Waals surface area contributed by atoms with Crippen molar-refractivity contribution in [2.24, 2.45) is 32.4 Å². The first-order chi connectivity index (χ1) is 18.1. The molecule has 0 radical (unpaired) electrons. The summed E-state index contributed by atoms with van der Waals surface area (Å²) in [7, 11) is 0. The van der Waals surface area contributed by atoms with Crippen LogP contribution in [0.1, 0.15) is 72.1 Å². The van der Waals surface area contributed by atoms with Gasteiger partial charge in [-0.2, -0.15) is 9.98 Å². The van der Waals surface area contributed by atoms with Crippen LogP contribution in [0.3, 0.4) is 0 Å². The third-order valence-corrected chi connectivity index (χ3v) is 7.06. The number of ketones is 1. The molecule has 38 heavy (non-hydrogen) atoms. The van der Waals surface area contributed by atoms with E-state index in [4.69, 9.17) is 20.9 Å². The summed E-state index contributed by atoms with van der Waals surface area (Å²) in [5.74, 6) is -3.43. The van der Waals surface area contributed by atoms with Gasteiger partial charge in [0.25, 0.3) is 11.4 Å². The van der Waals surface area contributed by atoms with Gasteiger partial charge in [-0.05, 0) is 18.8 Å². The highest BCUT2D eigenvalue weighted by Gasteiger charge is 2.61. The number of aliphatic hydroxyl groups is 1. The fourth-order valence-corrected chi connectivity index (χ4v) is 4.65. The van der Waals surface area contributed by atoms with Gasteiger partial charge >= 0.3 is 5.97 Å². The van der Waals surface area contributed by atoms with Crippen LogP contribution < -0.4 is 11.5 Å². The number of unbranched alkanes of at least 4 members (excludes halogenated alkanes) is 5. The number of carbonyl (C=O) groups excluding carboxylic acids is 3. The lowest BCUT2D eigenvalue weighted by Gasteiger charge is -2.32. The number of aliphatic imine (C=N–C) groups is 3. The zero-order chi connectivity index (χ0) is 28.0. The number of rotatable bonds is 14. The van der Waals surface area contributed by atoms with E-state index in [0.29, 0.717) is 6.42 Å². The number of aliphatic hydroxyl groups excluding tert-OH is 1. The topological polar surface area (TPSA) is 182 Å². The molecule has 0 aromatic rings. The second kappa shape index (κ2) is 12.9. The number of esters is 1. The summed E-state index contributed by atoms with van der Waals surface area (Å²) in [5, 5.41) is 9.39. The van der Waals surface area contributed by atoms with Crippen LogP contribution >= 0.6 is 0 Å². The summed E-state index contributed by atoms with van der Waals surface area (Å²) < 4.78 is 25.5. The Morgan fingerprint density at radius 3 is 2.58 bits per heavy atom. The standard InChI is InChI=1S/C25H39FN6O6/c1-4-5-6-7-8-9-10-16(38-21(35)19(27)14(2)3)20(34)25-22(30-24(28)31-23(25)36)32(13-29-25)18-11-15(26)17(12-33)37-18/h13-19,33H,4-12,27H2,1-3H3,(H2,28,31,36)/t15?,16?,17-,18-,19+,25?/m1/s1. The lowest BCUT2D eigenvalue weighted by atomic mass is 9.86. The number of halogens is 1. The molecule has 6 atom stereocenters. The Balaban J connectivity index is 1.88. The van der Waals surface area contributed by atoms with Crippen LogP contribution in [0.5, 0.6) is 0 Å². The van der Waals surface area contributed by atoms with Gasteiger partial charge in [-0.15, -0.1) is 0 Å². The van der Waals surface area contributed by atoms with Gasteiger partial charge in [0.2, 0.25) is 11.7 Å². The monoisotopic (exact) mass is 538 g/mol. The highest BCUT2D eigenvalue weighted by atomic mass is 19.1. The van der Waals surface area contributed by atoms with Crippen molar-refractivity contribution in [1.29, 1.82) is 0 Å². The number of nitrogens with zero attached hydrogens (tertiary/aromatic N) is 4. The van der Waals surface area contributed by atoms with E-state index in [1.807, 2.05) is 0 Å². The van der Waals surface area contributed by atoms with Crippen molar-refractivity contribution in [2.75, 3.05) is 6.61 Å². The number of Topliss-reactive ketones (excluding diaryl/α,β-unsaturated/α-hetero) is 1. The summed E-state index contributed by atoms with van der Waals surface area (Å²) in [6.07, 6.45) is 1.80. The van der Waals surface area contributed by atoms with Crippen molar-refractivity contribution < 1.29 is 33.4 Å². The van der Waals surface area contributed by atoms with Crippen LogP contribution in [-0.2, 0) is 23.9 Å². The fourth-order valence-electron chi connectivity index (χ4n) is 4.65. The van der Waals surface area contributed by atoms with Crippen molar-refractivity contribution >= 4 is 35.8 Å². The summed E-state index contributed by atoms with van der Waals surface area (Å²) in [5.41, 5.74) is 9.45. The minimum absolute atomic E-state index is 0.150. The van der Waals surface area contributed by atoms with E-state index in [2.05, 4.69) is 21.9 Å². The molecule has 3 unspecified atom stereocenters. The maximum Gasteiger partial charge on any atom is 0.323 e. The van der Waals surface area contributed by atoms with E-state index in [1.54, 1.807) is 13.8 Å². The first-order valence-electron chi connectivity index (χ1n) is 13.3. The molecule has 1 saturated heterocycles. The first-order valence-corrected chi connectivity index (χ1v) is 13.3. The molecule has 13 heteroatoms. The van der Waals surface area contributed by atoms with E-state index in [0.717, 1.165) is 38.4 Å². The molecule has 3 heterocycles. The van der Waals surface area contributed by atoms with Crippen molar-refractivity contribution in [3.05, 3.63) is 0 Å². The normalized spacial score (nSPS) is 28.2. The Labute approximate surface area is 221 Å². The van der Waals surface area contributed by atoms with E-state index < -0.39 is 66.4 Å². The Kier molecular flexibility index (Phi) is 10.1. The van der Waals surface area contributed by atoms with Crippen molar-refractivity contribution in [3.8, 4) is 0 Å². The summed E-state index contributed by atoms with van der Waals surface area (Å²) >= 11 is 0. The zero-order valence-corrected chi connectivity index (χ0v) is 22.2. The fraction of sp³-hybridized carbons (Fsp3) is 0.760. The van der Waals surface area contributed by atoms with Crippen LogP contribution in [0, 0.1) is 5.92 Å². The van der Waals surface area contributed by atoms with Gasteiger partial charge in [0, 0.05) is 6.42 Å². The zero-order valence-electron chi connectivity index (χ0n) is 22.2. The Hall–Kier alpha value is -2.77. The maximum atomic E-state index is 14.3. The average molecular weight is 539 g/mol. The van der Waals surface area contributed by atoms with Gasteiger partial charge in [-0.1, -0.05) is 52.9 Å². The number of ether oxygens (including phenoxy) is 2. The highest BCUT2D eigenvalue weighted by molar-refractivity contribution is 6.38. The predicted molar refractivity (Wildman–Crippen MR) is 138 cm³/mol. The Bertz CT molecular complexity index is 987. The van der Waals surface area contributed by atoms with E-state index in [9.17, 15) is 23.9 Å². The minimum atomic E-state index is -2.26. The number of hydrogen-bond acceptors (Lipinski definition) is 11. The number of alkyl halides is 1. The van der Waals surface area contributed by atoms with Crippen LogP contribution in [0.25, 0.3) is 0 Å². The minimum Gasteiger partial charge on any atom is -0.453 e. The molecule has 0 saturated carbocycles. The number of nitrogens with two attached hydrogens (primary N) is 2. The third-order valence-electron chi connectivity index (χ3n) is 7.06. The smallest absolute Gasteiger partial charge is 0.323 e. The van der Waals surface area contributed by atoms with E-state index >= 15 is 0 Å². The predicted octanol–water partition coefficient (Wildman–Crippen LogP) is 0.983. The summed E-state index contributed by atoms with van der Waals surface area (Å²) in [6, 6.07) is -0.969. The van der Waals surface area contributed by atoms with Gasteiger partial charge in [0.05, 0.1) is 12.9 Å². The van der Waals surface area contributed by atoms with Crippen LogP contribution in [0.2, 0.25) is 0 Å². The molecule has 0 aromatic carbocycles. The number of guanidine groups is 1. The van der Waals surface area contributed by atoms with Gasteiger partial charge in [0.15, 0.2) is 11.9 Å². The van der Waals surface area contributed by atoms with Crippen LogP contribution in [0.4, 0.5) is 4.39 Å². The number of fused-ring (bicyclic) bond motifs is 1. The molecule has 12 nitrogen and oxygen atoms in total. The lowest BCUT2D eigenvalue weighted by Crippen LogP contribution is -2.60. The molecule has 3 aliphatic rings. The number of hydrogen-bond donors (Lipinski definition) is 3. The number of amidine groups is 1. The molecule has 0 aromatic heterocycles. The second-order valence-corrected chi connectivity index (χ2v) is 10.3. The highest BCUT2D eigenvalue weighted by Crippen LogP contribution is 2.35. The van der Waals surface area contributed by atoms with Gasteiger partial charge in [-0.25, -0.2) is 9.38 Å².